The molecule has 2 N–H and O–H groups in total. The lowest BCUT2D eigenvalue weighted by atomic mass is 10.2. The van der Waals surface area contributed by atoms with E-state index in [1.54, 1.807) is 7.11 Å². The van der Waals surface area contributed by atoms with Crippen LogP contribution in [0.25, 0.3) is 0 Å². The Bertz CT molecular complexity index is 1050. The Morgan fingerprint density at radius 3 is 2.50 bits per heavy atom. The molecule has 0 aliphatic rings. The number of amides is 2. The highest BCUT2D eigenvalue weighted by Crippen LogP contribution is 2.21. The molecular weight excluding hydrogens is 448 g/mol. The van der Waals surface area contributed by atoms with Crippen LogP contribution in [0.1, 0.15) is 28.0 Å². The van der Waals surface area contributed by atoms with Crippen molar-refractivity contribution in [2.75, 3.05) is 13.7 Å². The van der Waals surface area contributed by atoms with Crippen molar-refractivity contribution >= 4 is 35.2 Å². The zero-order valence-electron chi connectivity index (χ0n) is 17.5. The highest BCUT2D eigenvalue weighted by molar-refractivity contribution is 7.98. The summed E-state index contributed by atoms with van der Waals surface area (Å²) in [6.07, 6.45) is 1.55. The first-order chi connectivity index (χ1) is 15.5. The molecule has 0 aliphatic heterocycles. The number of halogens is 1. The Morgan fingerprint density at radius 1 is 1.03 bits per heavy atom. The fourth-order valence-electron chi connectivity index (χ4n) is 2.71. The number of methoxy groups -OCH3 is 1. The van der Waals surface area contributed by atoms with Crippen LogP contribution in [0.3, 0.4) is 0 Å². The lowest BCUT2D eigenvalue weighted by molar-refractivity contribution is -0.121. The molecular formula is C23H23ClN4O3S. The molecule has 0 fully saturated rings. The molecule has 166 valence electrons. The largest absolute Gasteiger partial charge is 0.497 e. The molecule has 7 nitrogen and oxygen atoms in total. The molecule has 32 heavy (non-hydrogen) atoms. The minimum absolute atomic E-state index is 0.0934. The van der Waals surface area contributed by atoms with Crippen LogP contribution in [0.5, 0.6) is 5.75 Å². The van der Waals surface area contributed by atoms with Crippen molar-refractivity contribution in [1.29, 1.82) is 0 Å². The van der Waals surface area contributed by atoms with Crippen molar-refractivity contribution in [2.45, 2.75) is 23.9 Å². The lowest BCUT2D eigenvalue weighted by Gasteiger charge is -2.09. The van der Waals surface area contributed by atoms with Crippen molar-refractivity contribution in [3.8, 4) is 5.75 Å². The molecule has 9 heteroatoms. The van der Waals surface area contributed by atoms with Crippen LogP contribution in [0, 0.1) is 0 Å². The molecule has 0 spiro atoms. The summed E-state index contributed by atoms with van der Waals surface area (Å²) in [7, 11) is 1.60. The Kier molecular flexibility index (Phi) is 8.89. The minimum atomic E-state index is -0.443. The number of carbonyl (C=O) groups is 2. The second-order valence-corrected chi connectivity index (χ2v) is 8.10. The highest BCUT2D eigenvalue weighted by atomic mass is 35.5. The molecule has 0 saturated heterocycles. The van der Waals surface area contributed by atoms with Gasteiger partial charge in [-0.2, -0.15) is 0 Å². The van der Waals surface area contributed by atoms with E-state index >= 15 is 0 Å². The van der Waals surface area contributed by atoms with E-state index in [4.69, 9.17) is 16.3 Å². The third kappa shape index (κ3) is 7.25. The maximum absolute atomic E-state index is 12.5. The predicted molar refractivity (Wildman–Crippen MR) is 125 cm³/mol. The monoisotopic (exact) mass is 470 g/mol. The van der Waals surface area contributed by atoms with Gasteiger partial charge >= 0.3 is 0 Å². The van der Waals surface area contributed by atoms with Gasteiger partial charge in [-0.05, 0) is 23.3 Å². The summed E-state index contributed by atoms with van der Waals surface area (Å²) in [4.78, 5) is 33.0. The van der Waals surface area contributed by atoms with E-state index in [9.17, 15) is 9.59 Å². The molecule has 0 atom stereocenters. The van der Waals surface area contributed by atoms with Crippen LogP contribution in [-0.4, -0.2) is 35.4 Å². The topological polar surface area (TPSA) is 93.2 Å². The van der Waals surface area contributed by atoms with E-state index in [1.165, 1.54) is 18.0 Å². The molecule has 3 rings (SSSR count). The quantitative estimate of drug-likeness (QED) is 0.345. The van der Waals surface area contributed by atoms with Crippen LogP contribution >= 0.6 is 23.4 Å². The summed E-state index contributed by atoms with van der Waals surface area (Å²) in [6.45, 7) is 0.566. The van der Waals surface area contributed by atoms with Crippen molar-refractivity contribution < 1.29 is 14.3 Å². The van der Waals surface area contributed by atoms with Crippen molar-refractivity contribution in [1.82, 2.24) is 20.6 Å². The fourth-order valence-corrected chi connectivity index (χ4v) is 3.66. The lowest BCUT2D eigenvalue weighted by Crippen LogP contribution is -2.31. The maximum Gasteiger partial charge on any atom is 0.271 e. The highest BCUT2D eigenvalue weighted by Gasteiger charge is 2.15. The van der Waals surface area contributed by atoms with Gasteiger partial charge in [0.2, 0.25) is 5.91 Å². The number of hydrogen-bond acceptors (Lipinski definition) is 6. The number of nitrogens with zero attached hydrogens (tertiary/aromatic N) is 2. The van der Waals surface area contributed by atoms with Gasteiger partial charge in [0.25, 0.3) is 5.91 Å². The van der Waals surface area contributed by atoms with E-state index < -0.39 is 5.91 Å². The summed E-state index contributed by atoms with van der Waals surface area (Å²) in [6, 6.07) is 17.3. The van der Waals surface area contributed by atoms with E-state index in [0.29, 0.717) is 17.5 Å². The molecule has 0 bridgehead atoms. The minimum Gasteiger partial charge on any atom is -0.497 e. The number of nitrogens with one attached hydrogen (secondary N) is 2. The van der Waals surface area contributed by atoms with Gasteiger partial charge in [0.1, 0.15) is 5.75 Å². The molecule has 0 radical (unpaired) electrons. The van der Waals surface area contributed by atoms with Gasteiger partial charge in [-0.3, -0.25) is 9.59 Å². The molecule has 0 aliphatic carbocycles. The van der Waals surface area contributed by atoms with Gasteiger partial charge in [-0.25, -0.2) is 9.97 Å². The number of ether oxygens (including phenoxy) is 1. The Morgan fingerprint density at radius 2 is 1.78 bits per heavy atom. The van der Waals surface area contributed by atoms with Crippen molar-refractivity contribution in [3.05, 3.63) is 82.6 Å². The third-order valence-electron chi connectivity index (χ3n) is 4.43. The summed E-state index contributed by atoms with van der Waals surface area (Å²) in [5.41, 5.74) is 2.18. The van der Waals surface area contributed by atoms with Gasteiger partial charge in [0, 0.05) is 25.3 Å². The molecule has 2 aromatic carbocycles. The number of aromatic nitrogens is 2. The smallest absolute Gasteiger partial charge is 0.271 e. The zero-order valence-corrected chi connectivity index (χ0v) is 19.1. The average Bonchev–Trinajstić information content (AvgIpc) is 2.83. The van der Waals surface area contributed by atoms with E-state index in [-0.39, 0.29) is 29.6 Å². The van der Waals surface area contributed by atoms with Crippen LogP contribution in [-0.2, 0) is 17.1 Å². The normalized spacial score (nSPS) is 10.4. The summed E-state index contributed by atoms with van der Waals surface area (Å²) in [5.74, 6) is 0.821. The molecule has 0 saturated carbocycles. The predicted octanol–water partition coefficient (Wildman–Crippen LogP) is 3.87. The maximum atomic E-state index is 12.5. The van der Waals surface area contributed by atoms with E-state index in [0.717, 1.165) is 16.9 Å². The summed E-state index contributed by atoms with van der Waals surface area (Å²) in [5, 5.41) is 6.12. The van der Waals surface area contributed by atoms with Crippen LogP contribution in [0.2, 0.25) is 5.02 Å². The first kappa shape index (κ1) is 23.6. The van der Waals surface area contributed by atoms with Gasteiger partial charge in [0.05, 0.1) is 18.3 Å². The van der Waals surface area contributed by atoms with Crippen LogP contribution in [0.15, 0.2) is 66.0 Å². The molecule has 1 heterocycles. The number of thioether (sulfide) groups is 1. The van der Waals surface area contributed by atoms with E-state index in [2.05, 4.69) is 20.6 Å². The first-order valence-corrected chi connectivity index (χ1v) is 11.3. The third-order valence-corrected chi connectivity index (χ3v) is 5.64. The Hall–Kier alpha value is -3.10. The second-order valence-electron chi connectivity index (χ2n) is 6.75. The van der Waals surface area contributed by atoms with Gasteiger partial charge in [0.15, 0.2) is 10.9 Å². The Labute approximate surface area is 196 Å². The van der Waals surface area contributed by atoms with Gasteiger partial charge in [-0.1, -0.05) is 65.8 Å². The second kappa shape index (κ2) is 12.1. The SMILES string of the molecule is COc1ccc(CNC(=O)CCNC(=O)c2nc(SCc3ccccc3)ncc2Cl)cc1. The summed E-state index contributed by atoms with van der Waals surface area (Å²) >= 11 is 7.52. The number of carbonyl (C=O) groups excluding carboxylic acids is 2. The number of benzene rings is 2. The van der Waals surface area contributed by atoms with Crippen molar-refractivity contribution in [3.63, 3.8) is 0 Å². The van der Waals surface area contributed by atoms with E-state index in [1.807, 2.05) is 54.6 Å². The van der Waals surface area contributed by atoms with Gasteiger partial charge in [-0.15, -0.1) is 0 Å². The summed E-state index contributed by atoms with van der Waals surface area (Å²) < 4.78 is 5.11. The molecule has 2 amide bonds. The standard InChI is InChI=1S/C23H23ClN4O3S/c1-31-18-9-7-16(8-10-18)13-26-20(29)11-12-25-22(30)21-19(24)14-27-23(28-21)32-15-17-5-3-2-4-6-17/h2-10,14H,11-13,15H2,1H3,(H,25,30)(H,26,29). The number of rotatable bonds is 10. The zero-order chi connectivity index (χ0) is 22.8. The molecule has 0 unspecified atom stereocenters. The fraction of sp³-hybridized carbons (Fsp3) is 0.217. The first-order valence-electron chi connectivity index (χ1n) is 9.92. The Balaban J connectivity index is 1.44. The van der Waals surface area contributed by atoms with Crippen LogP contribution < -0.4 is 15.4 Å². The molecule has 1 aromatic heterocycles. The van der Waals surface area contributed by atoms with Crippen molar-refractivity contribution in [2.24, 2.45) is 0 Å². The molecule has 3 aromatic rings. The average molecular weight is 471 g/mol. The number of hydrogen-bond donors (Lipinski definition) is 2. The van der Waals surface area contributed by atoms with Gasteiger partial charge < -0.3 is 15.4 Å². The van der Waals surface area contributed by atoms with Crippen LogP contribution in [0.4, 0.5) is 0 Å².